The van der Waals surface area contributed by atoms with Crippen LogP contribution in [0.25, 0.3) is 17.0 Å². The number of esters is 1. The molecule has 0 spiro atoms. The summed E-state index contributed by atoms with van der Waals surface area (Å²) in [6.07, 6.45) is 2.63. The average molecular weight is 393 g/mol. The van der Waals surface area contributed by atoms with Crippen molar-refractivity contribution < 1.29 is 23.5 Å². The molecule has 7 nitrogen and oxygen atoms in total. The van der Waals surface area contributed by atoms with E-state index in [0.29, 0.717) is 5.69 Å². The van der Waals surface area contributed by atoms with Gasteiger partial charge in [-0.3, -0.25) is 20.4 Å². The normalized spacial score (nSPS) is 10.7. The number of hydrazine groups is 1. The second-order valence-electron chi connectivity index (χ2n) is 5.88. The number of nitrogens with zero attached hydrogens (tertiary/aromatic N) is 1. The van der Waals surface area contributed by atoms with Gasteiger partial charge < -0.3 is 4.74 Å². The van der Waals surface area contributed by atoms with Crippen LogP contribution in [0, 0.1) is 5.82 Å². The van der Waals surface area contributed by atoms with Crippen molar-refractivity contribution in [3.63, 3.8) is 0 Å². The summed E-state index contributed by atoms with van der Waals surface area (Å²) >= 11 is 0. The van der Waals surface area contributed by atoms with Gasteiger partial charge in [0.05, 0.1) is 11.2 Å². The number of ether oxygens (including phenoxy) is 1. The zero-order valence-electron chi connectivity index (χ0n) is 15.1. The minimum absolute atomic E-state index is 0.162. The third-order valence-electron chi connectivity index (χ3n) is 3.78. The number of amides is 2. The molecule has 2 N–H and O–H groups in total. The second-order valence-corrected chi connectivity index (χ2v) is 5.88. The van der Waals surface area contributed by atoms with E-state index < -0.39 is 30.2 Å². The summed E-state index contributed by atoms with van der Waals surface area (Å²) in [6, 6.07) is 16.0. The molecule has 0 aliphatic carbocycles. The van der Waals surface area contributed by atoms with Crippen LogP contribution >= 0.6 is 0 Å². The molecule has 0 radical (unpaired) electrons. The number of hydrogen-bond donors (Lipinski definition) is 2. The van der Waals surface area contributed by atoms with Crippen molar-refractivity contribution in [3.05, 3.63) is 83.8 Å². The van der Waals surface area contributed by atoms with Gasteiger partial charge in [-0.05, 0) is 42.5 Å². The number of pyridine rings is 1. The molecule has 0 aliphatic heterocycles. The van der Waals surface area contributed by atoms with Gasteiger partial charge in [-0.25, -0.2) is 14.2 Å². The Morgan fingerprint density at radius 1 is 0.966 bits per heavy atom. The molecule has 0 atom stereocenters. The monoisotopic (exact) mass is 393 g/mol. The molecule has 146 valence electrons. The lowest BCUT2D eigenvalue weighted by molar-refractivity contribution is -0.144. The van der Waals surface area contributed by atoms with Gasteiger partial charge in [0.2, 0.25) is 0 Å². The maximum atomic E-state index is 12.8. The van der Waals surface area contributed by atoms with E-state index >= 15 is 0 Å². The highest BCUT2D eigenvalue weighted by Gasteiger charge is 2.09. The SMILES string of the molecule is O=C(COC(=O)/C=C/c1ccc2ccccc2n1)NNC(=O)c1ccc(F)cc1. The first-order valence-electron chi connectivity index (χ1n) is 8.57. The Kier molecular flexibility index (Phi) is 6.26. The Bertz CT molecular complexity index is 1080. The predicted molar refractivity (Wildman–Crippen MR) is 104 cm³/mol. The minimum atomic E-state index is -0.736. The first-order chi connectivity index (χ1) is 14.0. The Balaban J connectivity index is 1.44. The van der Waals surface area contributed by atoms with Crippen molar-refractivity contribution in [3.8, 4) is 0 Å². The van der Waals surface area contributed by atoms with Crippen molar-refractivity contribution in [2.24, 2.45) is 0 Å². The number of rotatable bonds is 5. The molecule has 0 fully saturated rings. The minimum Gasteiger partial charge on any atom is -0.452 e. The molecular weight excluding hydrogens is 377 g/mol. The number of halogens is 1. The van der Waals surface area contributed by atoms with Crippen LogP contribution in [0.5, 0.6) is 0 Å². The summed E-state index contributed by atoms with van der Waals surface area (Å²) in [6.45, 7) is -0.585. The molecule has 2 amide bonds. The number of benzene rings is 2. The lowest BCUT2D eigenvalue weighted by Crippen LogP contribution is -2.43. The van der Waals surface area contributed by atoms with Gasteiger partial charge in [0.1, 0.15) is 5.82 Å². The Morgan fingerprint density at radius 2 is 1.72 bits per heavy atom. The highest BCUT2D eigenvalue weighted by Crippen LogP contribution is 2.12. The van der Waals surface area contributed by atoms with Crippen LogP contribution in [-0.4, -0.2) is 29.4 Å². The van der Waals surface area contributed by atoms with E-state index in [1.165, 1.54) is 18.2 Å². The molecule has 8 heteroatoms. The number of nitrogens with one attached hydrogen (secondary N) is 2. The lowest BCUT2D eigenvalue weighted by atomic mass is 10.2. The van der Waals surface area contributed by atoms with Crippen LogP contribution in [0.4, 0.5) is 4.39 Å². The van der Waals surface area contributed by atoms with Crippen molar-refractivity contribution in [2.75, 3.05) is 6.61 Å². The maximum Gasteiger partial charge on any atom is 0.331 e. The molecule has 1 heterocycles. The van der Waals surface area contributed by atoms with Gasteiger partial charge in [-0.15, -0.1) is 0 Å². The summed E-state index contributed by atoms with van der Waals surface area (Å²) in [5.74, 6) is -2.58. The van der Waals surface area contributed by atoms with E-state index in [0.717, 1.165) is 29.1 Å². The standard InChI is InChI=1S/C21H16FN3O4/c22-16-8-5-15(6-9-16)21(28)25-24-19(26)13-29-20(27)12-11-17-10-7-14-3-1-2-4-18(14)23-17/h1-12H,13H2,(H,24,26)(H,25,28)/b12-11+. The highest BCUT2D eigenvalue weighted by molar-refractivity contribution is 5.95. The Labute approximate surface area is 165 Å². The van der Waals surface area contributed by atoms with Crippen LogP contribution in [0.1, 0.15) is 16.1 Å². The first kappa shape index (κ1) is 19.7. The van der Waals surface area contributed by atoms with E-state index in [9.17, 15) is 18.8 Å². The molecule has 1 aromatic heterocycles. The van der Waals surface area contributed by atoms with Gasteiger partial charge >= 0.3 is 5.97 Å². The van der Waals surface area contributed by atoms with Crippen molar-refractivity contribution in [1.29, 1.82) is 0 Å². The number of hydrogen-bond acceptors (Lipinski definition) is 5. The summed E-state index contributed by atoms with van der Waals surface area (Å²) in [5, 5.41) is 0.978. The second kappa shape index (κ2) is 9.23. The number of carbonyl (C=O) groups is 3. The largest absolute Gasteiger partial charge is 0.452 e. The van der Waals surface area contributed by atoms with Gasteiger partial charge in [0, 0.05) is 17.0 Å². The predicted octanol–water partition coefficient (Wildman–Crippen LogP) is 2.39. The quantitative estimate of drug-likeness (QED) is 0.394. The molecule has 0 bridgehead atoms. The van der Waals surface area contributed by atoms with Crippen molar-refractivity contribution in [2.45, 2.75) is 0 Å². The number of aromatic nitrogens is 1. The van der Waals surface area contributed by atoms with Crippen LogP contribution in [0.15, 0.2) is 66.7 Å². The molecule has 3 aromatic rings. The smallest absolute Gasteiger partial charge is 0.331 e. The van der Waals surface area contributed by atoms with Gasteiger partial charge in [-0.2, -0.15) is 0 Å². The highest BCUT2D eigenvalue weighted by atomic mass is 19.1. The molecular formula is C21H16FN3O4. The fourth-order valence-electron chi connectivity index (χ4n) is 2.35. The molecule has 29 heavy (non-hydrogen) atoms. The molecule has 3 rings (SSSR count). The molecule has 0 saturated heterocycles. The third kappa shape index (κ3) is 5.70. The van der Waals surface area contributed by atoms with Crippen LogP contribution < -0.4 is 10.9 Å². The van der Waals surface area contributed by atoms with Crippen LogP contribution in [0.3, 0.4) is 0 Å². The summed E-state index contributed by atoms with van der Waals surface area (Å²) in [4.78, 5) is 39.6. The van der Waals surface area contributed by atoms with E-state index in [1.54, 1.807) is 6.07 Å². The Morgan fingerprint density at radius 3 is 2.52 bits per heavy atom. The van der Waals surface area contributed by atoms with Crippen LogP contribution in [-0.2, 0) is 14.3 Å². The number of fused-ring (bicyclic) bond motifs is 1. The fourth-order valence-corrected chi connectivity index (χ4v) is 2.35. The zero-order chi connectivity index (χ0) is 20.6. The van der Waals surface area contributed by atoms with E-state index in [4.69, 9.17) is 4.74 Å². The average Bonchev–Trinajstić information content (AvgIpc) is 2.75. The summed E-state index contributed by atoms with van der Waals surface area (Å²) in [7, 11) is 0. The first-order valence-corrected chi connectivity index (χ1v) is 8.57. The topological polar surface area (TPSA) is 97.4 Å². The molecule has 2 aromatic carbocycles. The number of carbonyl (C=O) groups excluding carboxylic acids is 3. The zero-order valence-corrected chi connectivity index (χ0v) is 15.1. The lowest BCUT2D eigenvalue weighted by Gasteiger charge is -2.07. The molecule has 0 unspecified atom stereocenters. The van der Waals surface area contributed by atoms with E-state index in [1.807, 2.05) is 30.3 Å². The maximum absolute atomic E-state index is 12.8. The number of para-hydroxylation sites is 1. The van der Waals surface area contributed by atoms with E-state index in [2.05, 4.69) is 15.8 Å². The van der Waals surface area contributed by atoms with Crippen molar-refractivity contribution >= 4 is 34.8 Å². The summed E-state index contributed by atoms with van der Waals surface area (Å²) < 4.78 is 17.6. The fraction of sp³-hybridized carbons (Fsp3) is 0.0476. The third-order valence-corrected chi connectivity index (χ3v) is 3.78. The van der Waals surface area contributed by atoms with E-state index in [-0.39, 0.29) is 5.56 Å². The summed E-state index contributed by atoms with van der Waals surface area (Å²) in [5.41, 5.74) is 5.75. The van der Waals surface area contributed by atoms with Crippen molar-refractivity contribution in [1.82, 2.24) is 15.8 Å². The van der Waals surface area contributed by atoms with Gasteiger partial charge in [0.25, 0.3) is 11.8 Å². The Hall–Kier alpha value is -4.07. The van der Waals surface area contributed by atoms with Gasteiger partial charge in [0.15, 0.2) is 6.61 Å². The van der Waals surface area contributed by atoms with Gasteiger partial charge in [-0.1, -0.05) is 24.3 Å². The van der Waals surface area contributed by atoms with Crippen LogP contribution in [0.2, 0.25) is 0 Å². The molecule has 0 aliphatic rings. The molecule has 0 saturated carbocycles.